The van der Waals surface area contributed by atoms with Crippen LogP contribution in [0.5, 0.6) is 0 Å². The summed E-state index contributed by atoms with van der Waals surface area (Å²) in [5, 5.41) is 0. The van der Waals surface area contributed by atoms with Gasteiger partial charge >= 0.3 is 0 Å². The number of aryl methyl sites for hydroxylation is 1. The number of amides is 1. The number of rotatable bonds is 2. The number of carbonyl (C=O) groups excluding carboxylic acids is 1. The molecule has 1 aromatic carbocycles. The second kappa shape index (κ2) is 4.65. The van der Waals surface area contributed by atoms with E-state index < -0.39 is 0 Å². The second-order valence-corrected chi connectivity index (χ2v) is 5.94. The van der Waals surface area contributed by atoms with Gasteiger partial charge in [-0.25, -0.2) is 0 Å². The first-order valence-corrected chi connectivity index (χ1v) is 7.58. The number of nitrogens with one attached hydrogen (secondary N) is 1. The van der Waals surface area contributed by atoms with Crippen LogP contribution in [0.4, 0.5) is 11.5 Å². The standard InChI is InChI=1S/C17H19N3O/c1-12-4-2-5-14(10-12)20-9-6-13-11-15(18-16(13)20)17(21)19-7-3-8-19/h2,4-5,10-11,18H,3,6-9H2,1H3. The highest BCUT2D eigenvalue weighted by Gasteiger charge is 2.28. The van der Waals surface area contributed by atoms with Crippen LogP contribution in [-0.4, -0.2) is 35.4 Å². The van der Waals surface area contributed by atoms with Crippen LogP contribution < -0.4 is 4.90 Å². The Bertz CT molecular complexity index is 700. The van der Waals surface area contributed by atoms with Crippen molar-refractivity contribution in [1.29, 1.82) is 0 Å². The molecule has 4 rings (SSSR count). The van der Waals surface area contributed by atoms with E-state index in [0.29, 0.717) is 0 Å². The van der Waals surface area contributed by atoms with Crippen molar-refractivity contribution in [2.24, 2.45) is 0 Å². The molecule has 0 aliphatic carbocycles. The third kappa shape index (κ3) is 2.02. The summed E-state index contributed by atoms with van der Waals surface area (Å²) in [5.41, 5.74) is 4.43. The Balaban J connectivity index is 1.65. The number of carbonyl (C=O) groups is 1. The first kappa shape index (κ1) is 12.5. The van der Waals surface area contributed by atoms with Gasteiger partial charge in [-0.1, -0.05) is 12.1 Å². The lowest BCUT2D eigenvalue weighted by Gasteiger charge is -2.30. The molecule has 4 nitrogen and oxygen atoms in total. The molecule has 1 N–H and O–H groups in total. The highest BCUT2D eigenvalue weighted by molar-refractivity contribution is 5.94. The zero-order chi connectivity index (χ0) is 14.4. The first-order chi connectivity index (χ1) is 10.2. The van der Waals surface area contributed by atoms with E-state index in [4.69, 9.17) is 0 Å². The fourth-order valence-corrected chi connectivity index (χ4v) is 3.12. The molecule has 3 heterocycles. The number of aromatic nitrogens is 1. The SMILES string of the molecule is Cc1cccc(N2CCc3cc(C(=O)N4CCC4)[nH]c32)c1. The third-order valence-electron chi connectivity index (χ3n) is 4.44. The number of aromatic amines is 1. The van der Waals surface area contributed by atoms with Crippen molar-refractivity contribution in [1.82, 2.24) is 9.88 Å². The summed E-state index contributed by atoms with van der Waals surface area (Å²) in [5.74, 6) is 1.23. The van der Waals surface area contributed by atoms with E-state index >= 15 is 0 Å². The molecule has 1 fully saturated rings. The number of benzene rings is 1. The van der Waals surface area contributed by atoms with Gasteiger partial charge in [0.2, 0.25) is 0 Å². The van der Waals surface area contributed by atoms with Gasteiger partial charge in [-0.2, -0.15) is 0 Å². The van der Waals surface area contributed by atoms with Crippen molar-refractivity contribution in [2.75, 3.05) is 24.5 Å². The minimum atomic E-state index is 0.139. The number of likely N-dealkylation sites (tertiary alicyclic amines) is 1. The predicted molar refractivity (Wildman–Crippen MR) is 83.2 cm³/mol. The summed E-state index contributed by atoms with van der Waals surface area (Å²) in [4.78, 5) is 19.8. The average Bonchev–Trinajstić information content (AvgIpc) is 2.95. The quantitative estimate of drug-likeness (QED) is 0.919. The normalized spacial score (nSPS) is 16.8. The zero-order valence-corrected chi connectivity index (χ0v) is 12.2. The van der Waals surface area contributed by atoms with Crippen LogP contribution in [-0.2, 0) is 6.42 Å². The Morgan fingerprint density at radius 1 is 1.19 bits per heavy atom. The van der Waals surface area contributed by atoms with E-state index in [-0.39, 0.29) is 5.91 Å². The van der Waals surface area contributed by atoms with Crippen molar-refractivity contribution < 1.29 is 4.79 Å². The van der Waals surface area contributed by atoms with Gasteiger partial charge in [0, 0.05) is 25.3 Å². The van der Waals surface area contributed by atoms with Gasteiger partial charge in [-0.3, -0.25) is 4.79 Å². The molecule has 0 radical (unpaired) electrons. The predicted octanol–water partition coefficient (Wildman–Crippen LogP) is 2.86. The summed E-state index contributed by atoms with van der Waals surface area (Å²) >= 11 is 0. The smallest absolute Gasteiger partial charge is 0.270 e. The van der Waals surface area contributed by atoms with Gasteiger partial charge in [-0.05, 0) is 49.1 Å². The molecule has 0 bridgehead atoms. The van der Waals surface area contributed by atoms with E-state index in [2.05, 4.69) is 41.1 Å². The third-order valence-corrected chi connectivity index (χ3v) is 4.44. The molecule has 2 aliphatic rings. The Morgan fingerprint density at radius 3 is 2.76 bits per heavy atom. The molecule has 0 spiro atoms. The number of hydrogen-bond acceptors (Lipinski definition) is 2. The van der Waals surface area contributed by atoms with Crippen molar-refractivity contribution in [2.45, 2.75) is 19.8 Å². The number of hydrogen-bond donors (Lipinski definition) is 1. The lowest BCUT2D eigenvalue weighted by atomic mass is 10.2. The molecule has 0 saturated carbocycles. The van der Waals surface area contributed by atoms with E-state index in [1.165, 1.54) is 16.8 Å². The molecule has 2 aromatic rings. The summed E-state index contributed by atoms with van der Waals surface area (Å²) < 4.78 is 0. The molecular formula is C17H19N3O. The Hall–Kier alpha value is -2.23. The molecule has 0 unspecified atom stereocenters. The van der Waals surface area contributed by atoms with Gasteiger partial charge in [0.05, 0.1) is 0 Å². The molecule has 1 amide bonds. The van der Waals surface area contributed by atoms with Gasteiger partial charge in [0.1, 0.15) is 11.5 Å². The maximum absolute atomic E-state index is 12.3. The molecule has 2 aliphatic heterocycles. The molecule has 0 atom stereocenters. The van der Waals surface area contributed by atoms with Crippen LogP contribution in [0.3, 0.4) is 0 Å². The fourth-order valence-electron chi connectivity index (χ4n) is 3.12. The van der Waals surface area contributed by atoms with Gasteiger partial charge in [0.15, 0.2) is 0 Å². The number of nitrogens with zero attached hydrogens (tertiary/aromatic N) is 2. The van der Waals surface area contributed by atoms with E-state index in [0.717, 1.165) is 44.0 Å². The van der Waals surface area contributed by atoms with E-state index in [1.807, 2.05) is 11.0 Å². The molecule has 21 heavy (non-hydrogen) atoms. The summed E-state index contributed by atoms with van der Waals surface area (Å²) in [6.07, 6.45) is 2.12. The molecular weight excluding hydrogens is 262 g/mol. The number of fused-ring (bicyclic) bond motifs is 1. The van der Waals surface area contributed by atoms with E-state index in [1.54, 1.807) is 0 Å². The van der Waals surface area contributed by atoms with Gasteiger partial charge in [-0.15, -0.1) is 0 Å². The van der Waals surface area contributed by atoms with Crippen LogP contribution >= 0.6 is 0 Å². The maximum atomic E-state index is 12.3. The first-order valence-electron chi connectivity index (χ1n) is 7.58. The number of anilines is 2. The summed E-state index contributed by atoms with van der Waals surface area (Å²) in [7, 11) is 0. The minimum absolute atomic E-state index is 0.139. The van der Waals surface area contributed by atoms with Gasteiger partial charge < -0.3 is 14.8 Å². The number of H-pyrrole nitrogens is 1. The Labute approximate surface area is 124 Å². The minimum Gasteiger partial charge on any atom is -0.337 e. The van der Waals surface area contributed by atoms with Crippen LogP contribution in [0.25, 0.3) is 0 Å². The largest absolute Gasteiger partial charge is 0.337 e. The maximum Gasteiger partial charge on any atom is 0.270 e. The van der Waals surface area contributed by atoms with Gasteiger partial charge in [0.25, 0.3) is 5.91 Å². The monoisotopic (exact) mass is 281 g/mol. The van der Waals surface area contributed by atoms with E-state index in [9.17, 15) is 4.79 Å². The highest BCUT2D eigenvalue weighted by atomic mass is 16.2. The fraction of sp³-hybridized carbons (Fsp3) is 0.353. The highest BCUT2D eigenvalue weighted by Crippen LogP contribution is 2.35. The lowest BCUT2D eigenvalue weighted by molar-refractivity contribution is 0.0646. The Morgan fingerprint density at radius 2 is 2.05 bits per heavy atom. The topological polar surface area (TPSA) is 39.3 Å². The second-order valence-electron chi connectivity index (χ2n) is 5.94. The van der Waals surface area contributed by atoms with Crippen LogP contribution in [0.1, 0.15) is 28.0 Å². The lowest BCUT2D eigenvalue weighted by Crippen LogP contribution is -2.42. The molecule has 108 valence electrons. The van der Waals surface area contributed by atoms with Crippen molar-refractivity contribution in [3.8, 4) is 0 Å². The van der Waals surface area contributed by atoms with Crippen molar-refractivity contribution >= 4 is 17.4 Å². The summed E-state index contributed by atoms with van der Waals surface area (Å²) in [6, 6.07) is 10.5. The van der Waals surface area contributed by atoms with Crippen molar-refractivity contribution in [3.05, 3.63) is 47.2 Å². The molecule has 1 aromatic heterocycles. The Kier molecular flexibility index (Phi) is 2.77. The van der Waals surface area contributed by atoms with Crippen LogP contribution in [0, 0.1) is 6.92 Å². The summed E-state index contributed by atoms with van der Waals surface area (Å²) in [6.45, 7) is 4.87. The zero-order valence-electron chi connectivity index (χ0n) is 12.2. The van der Waals surface area contributed by atoms with Crippen LogP contribution in [0.15, 0.2) is 30.3 Å². The molecule has 1 saturated heterocycles. The van der Waals surface area contributed by atoms with Crippen molar-refractivity contribution in [3.63, 3.8) is 0 Å². The average molecular weight is 281 g/mol. The molecule has 4 heteroatoms. The van der Waals surface area contributed by atoms with Crippen LogP contribution in [0.2, 0.25) is 0 Å².